The normalized spacial score (nSPS) is 11.2. The Morgan fingerprint density at radius 1 is 1.50 bits per heavy atom. The van der Waals surface area contributed by atoms with Crippen molar-refractivity contribution in [1.82, 2.24) is 9.55 Å². The molecule has 0 spiro atoms. The molecular weight excluding hydrogens is 304 g/mol. The second-order valence-electron chi connectivity index (χ2n) is 5.34. The van der Waals surface area contributed by atoms with Crippen molar-refractivity contribution in [2.24, 2.45) is 0 Å². The van der Waals surface area contributed by atoms with Crippen LogP contribution in [-0.2, 0) is 16.1 Å². The van der Waals surface area contributed by atoms with Gasteiger partial charge in [0.1, 0.15) is 11.6 Å². The van der Waals surface area contributed by atoms with Crippen molar-refractivity contribution in [2.75, 3.05) is 19.0 Å². The summed E-state index contributed by atoms with van der Waals surface area (Å²) < 4.78 is 7.21. The number of nitriles is 1. The van der Waals surface area contributed by atoms with E-state index in [0.29, 0.717) is 12.3 Å². The number of amides is 1. The number of hydrogen-bond acceptors (Lipinski definition) is 4. The van der Waals surface area contributed by atoms with Gasteiger partial charge in [-0.25, -0.2) is 0 Å². The molecule has 0 saturated carbocycles. The molecule has 0 aromatic carbocycles. The van der Waals surface area contributed by atoms with Crippen molar-refractivity contribution < 1.29 is 9.53 Å². The fourth-order valence-corrected chi connectivity index (χ4v) is 2.44. The average Bonchev–Trinajstić information content (AvgIpc) is 2.85. The Hall–Kier alpha value is -2.91. The zero-order valence-corrected chi connectivity index (χ0v) is 14.0. The molecular formula is C18H20N4O2. The van der Waals surface area contributed by atoms with E-state index in [9.17, 15) is 10.1 Å². The molecule has 0 fully saturated rings. The zero-order valence-electron chi connectivity index (χ0n) is 14.0. The summed E-state index contributed by atoms with van der Waals surface area (Å²) in [5.41, 5.74) is 3.49. The number of nitrogens with zero attached hydrogens (tertiary/aromatic N) is 3. The molecule has 6 heteroatoms. The number of pyridine rings is 1. The molecule has 1 amide bonds. The van der Waals surface area contributed by atoms with E-state index >= 15 is 0 Å². The molecule has 2 aromatic heterocycles. The molecule has 0 aliphatic rings. The van der Waals surface area contributed by atoms with Gasteiger partial charge < -0.3 is 14.6 Å². The van der Waals surface area contributed by atoms with E-state index in [4.69, 9.17) is 4.74 Å². The van der Waals surface area contributed by atoms with Crippen molar-refractivity contribution >= 4 is 17.7 Å². The summed E-state index contributed by atoms with van der Waals surface area (Å²) in [5.74, 6) is -0.452. The van der Waals surface area contributed by atoms with Crippen LogP contribution in [0.5, 0.6) is 0 Å². The fourth-order valence-electron chi connectivity index (χ4n) is 2.44. The van der Waals surface area contributed by atoms with Gasteiger partial charge in [-0.15, -0.1) is 0 Å². The quantitative estimate of drug-likeness (QED) is 0.654. The Kier molecular flexibility index (Phi) is 5.88. The van der Waals surface area contributed by atoms with Gasteiger partial charge in [-0.3, -0.25) is 9.78 Å². The number of aryl methyl sites for hydroxylation is 1. The maximum absolute atomic E-state index is 12.3. The van der Waals surface area contributed by atoms with Crippen molar-refractivity contribution in [3.05, 3.63) is 53.1 Å². The lowest BCUT2D eigenvalue weighted by Crippen LogP contribution is -2.13. The third kappa shape index (κ3) is 4.09. The van der Waals surface area contributed by atoms with Crippen LogP contribution in [0.4, 0.5) is 5.69 Å². The minimum Gasteiger partial charge on any atom is -0.383 e. The smallest absolute Gasteiger partial charge is 0.266 e. The number of ether oxygens (including phenoxy) is 1. The summed E-state index contributed by atoms with van der Waals surface area (Å²) in [6.07, 6.45) is 4.76. The molecule has 2 aromatic rings. The molecule has 1 N–H and O–H groups in total. The number of carbonyl (C=O) groups is 1. The number of anilines is 1. The van der Waals surface area contributed by atoms with Gasteiger partial charge in [-0.1, -0.05) is 0 Å². The standard InChI is InChI=1S/C18H20N4O2/c1-13-9-15(14(2)22(13)7-8-24-3)10-16(11-19)18(23)21-17-5-4-6-20-12-17/h4-6,9-10,12H,7-8H2,1-3H3,(H,21,23). The van der Waals surface area contributed by atoms with Crippen LogP contribution in [-0.4, -0.2) is 29.2 Å². The summed E-state index contributed by atoms with van der Waals surface area (Å²) >= 11 is 0. The van der Waals surface area contributed by atoms with E-state index in [-0.39, 0.29) is 5.57 Å². The van der Waals surface area contributed by atoms with E-state index < -0.39 is 5.91 Å². The molecule has 0 aliphatic carbocycles. The molecule has 2 rings (SSSR count). The third-order valence-corrected chi connectivity index (χ3v) is 3.72. The van der Waals surface area contributed by atoms with Gasteiger partial charge in [0.05, 0.1) is 18.5 Å². The highest BCUT2D eigenvalue weighted by molar-refractivity contribution is 6.09. The average molecular weight is 324 g/mol. The first kappa shape index (κ1) is 17.4. The number of rotatable bonds is 6. The van der Waals surface area contributed by atoms with E-state index in [1.165, 1.54) is 6.20 Å². The molecule has 0 saturated heterocycles. The van der Waals surface area contributed by atoms with Gasteiger partial charge in [-0.2, -0.15) is 5.26 Å². The highest BCUT2D eigenvalue weighted by Crippen LogP contribution is 2.19. The van der Waals surface area contributed by atoms with Gasteiger partial charge in [0.25, 0.3) is 5.91 Å². The summed E-state index contributed by atoms with van der Waals surface area (Å²) in [6, 6.07) is 7.36. The fraction of sp³-hybridized carbons (Fsp3) is 0.278. The molecule has 0 unspecified atom stereocenters. The first-order valence-electron chi connectivity index (χ1n) is 7.55. The molecule has 0 aliphatic heterocycles. The maximum atomic E-state index is 12.3. The molecule has 124 valence electrons. The second-order valence-corrected chi connectivity index (χ2v) is 5.34. The lowest BCUT2D eigenvalue weighted by molar-refractivity contribution is -0.112. The molecule has 2 heterocycles. The van der Waals surface area contributed by atoms with Gasteiger partial charge in [-0.05, 0) is 43.7 Å². The summed E-state index contributed by atoms with van der Waals surface area (Å²) in [4.78, 5) is 16.2. The minimum absolute atomic E-state index is 0.0471. The van der Waals surface area contributed by atoms with Crippen LogP contribution in [0.3, 0.4) is 0 Å². The number of hydrogen-bond donors (Lipinski definition) is 1. The van der Waals surface area contributed by atoms with Crippen LogP contribution in [0.1, 0.15) is 17.0 Å². The van der Waals surface area contributed by atoms with Crippen LogP contribution in [0.2, 0.25) is 0 Å². The molecule has 24 heavy (non-hydrogen) atoms. The van der Waals surface area contributed by atoms with E-state index in [1.54, 1.807) is 31.5 Å². The zero-order chi connectivity index (χ0) is 17.5. The molecule has 0 atom stereocenters. The Morgan fingerprint density at radius 2 is 2.29 bits per heavy atom. The lowest BCUT2D eigenvalue weighted by atomic mass is 10.1. The first-order chi connectivity index (χ1) is 11.6. The van der Waals surface area contributed by atoms with Crippen LogP contribution < -0.4 is 5.32 Å². The SMILES string of the molecule is COCCn1c(C)cc(C=C(C#N)C(=O)Nc2cccnc2)c1C. The van der Waals surface area contributed by atoms with Crippen LogP contribution >= 0.6 is 0 Å². The summed E-state index contributed by atoms with van der Waals surface area (Å²) in [7, 11) is 1.66. The minimum atomic E-state index is -0.452. The summed E-state index contributed by atoms with van der Waals surface area (Å²) in [5, 5.41) is 12.0. The Bertz CT molecular complexity index is 785. The Balaban J connectivity index is 2.24. The van der Waals surface area contributed by atoms with Gasteiger partial charge in [0.2, 0.25) is 0 Å². The highest BCUT2D eigenvalue weighted by Gasteiger charge is 2.13. The second kappa shape index (κ2) is 8.09. The van der Waals surface area contributed by atoms with E-state index in [2.05, 4.69) is 14.9 Å². The van der Waals surface area contributed by atoms with Crippen LogP contribution in [0, 0.1) is 25.2 Å². The number of nitrogens with one attached hydrogen (secondary N) is 1. The number of aromatic nitrogens is 2. The van der Waals surface area contributed by atoms with Crippen molar-refractivity contribution in [1.29, 1.82) is 5.26 Å². The van der Waals surface area contributed by atoms with E-state index in [0.717, 1.165) is 23.5 Å². The Morgan fingerprint density at radius 3 is 2.92 bits per heavy atom. The van der Waals surface area contributed by atoms with Gasteiger partial charge in [0, 0.05) is 31.2 Å². The van der Waals surface area contributed by atoms with Crippen molar-refractivity contribution in [2.45, 2.75) is 20.4 Å². The highest BCUT2D eigenvalue weighted by atomic mass is 16.5. The molecule has 6 nitrogen and oxygen atoms in total. The van der Waals surface area contributed by atoms with Crippen LogP contribution in [0.25, 0.3) is 6.08 Å². The lowest BCUT2D eigenvalue weighted by Gasteiger charge is -2.08. The first-order valence-corrected chi connectivity index (χ1v) is 7.55. The summed E-state index contributed by atoms with van der Waals surface area (Å²) in [6.45, 7) is 5.28. The third-order valence-electron chi connectivity index (χ3n) is 3.72. The van der Waals surface area contributed by atoms with Crippen molar-refractivity contribution in [3.8, 4) is 6.07 Å². The largest absolute Gasteiger partial charge is 0.383 e. The monoisotopic (exact) mass is 324 g/mol. The van der Waals surface area contributed by atoms with Crippen LogP contribution in [0.15, 0.2) is 36.2 Å². The van der Waals surface area contributed by atoms with Crippen molar-refractivity contribution in [3.63, 3.8) is 0 Å². The predicted molar refractivity (Wildman–Crippen MR) is 92.2 cm³/mol. The van der Waals surface area contributed by atoms with E-state index in [1.807, 2.05) is 26.0 Å². The number of carbonyl (C=O) groups excluding carboxylic acids is 1. The maximum Gasteiger partial charge on any atom is 0.266 e. The molecule has 0 bridgehead atoms. The number of methoxy groups -OCH3 is 1. The molecule has 0 radical (unpaired) electrons. The van der Waals surface area contributed by atoms with Gasteiger partial charge >= 0.3 is 0 Å². The van der Waals surface area contributed by atoms with Gasteiger partial charge in [0.15, 0.2) is 0 Å². The topological polar surface area (TPSA) is 79.9 Å². The Labute approximate surface area is 141 Å². The predicted octanol–water partition coefficient (Wildman–Crippen LogP) is 2.69.